The van der Waals surface area contributed by atoms with Crippen molar-refractivity contribution in [3.63, 3.8) is 0 Å². The quantitative estimate of drug-likeness (QED) is 0.840. The highest BCUT2D eigenvalue weighted by molar-refractivity contribution is 5.40. The molecule has 0 bridgehead atoms. The summed E-state index contributed by atoms with van der Waals surface area (Å²) >= 11 is 0. The van der Waals surface area contributed by atoms with Crippen LogP contribution >= 0.6 is 0 Å². The summed E-state index contributed by atoms with van der Waals surface area (Å²) in [5.74, 6) is 1.80. The van der Waals surface area contributed by atoms with Gasteiger partial charge in [-0.25, -0.2) is 0 Å². The fourth-order valence-electron chi connectivity index (χ4n) is 1.99. The van der Waals surface area contributed by atoms with Crippen LogP contribution in [0.25, 0.3) is 0 Å². The lowest BCUT2D eigenvalue weighted by Crippen LogP contribution is -2.04. The zero-order valence-electron chi connectivity index (χ0n) is 11.5. The molecule has 0 aromatic heterocycles. The van der Waals surface area contributed by atoms with Gasteiger partial charge in [0.1, 0.15) is 5.75 Å². The highest BCUT2D eigenvalue weighted by atomic mass is 16.5. The number of methoxy groups -OCH3 is 1. The van der Waals surface area contributed by atoms with E-state index in [1.807, 2.05) is 12.1 Å². The molecule has 2 heteroatoms. The van der Waals surface area contributed by atoms with Gasteiger partial charge in [-0.1, -0.05) is 33.8 Å². The van der Waals surface area contributed by atoms with E-state index in [1.165, 1.54) is 0 Å². The molecular weight excluding hydrogens is 212 g/mol. The van der Waals surface area contributed by atoms with Gasteiger partial charge >= 0.3 is 0 Å². The molecule has 0 aliphatic carbocycles. The first-order valence-corrected chi connectivity index (χ1v) is 6.31. The second-order valence-electron chi connectivity index (χ2n) is 5.30. The van der Waals surface area contributed by atoms with Crippen molar-refractivity contribution >= 4 is 0 Å². The highest BCUT2D eigenvalue weighted by Crippen LogP contribution is 2.31. The van der Waals surface area contributed by atoms with E-state index < -0.39 is 0 Å². The van der Waals surface area contributed by atoms with Crippen LogP contribution in [-0.2, 0) is 0 Å². The van der Waals surface area contributed by atoms with E-state index in [0.29, 0.717) is 11.8 Å². The Hall–Kier alpha value is -1.02. The predicted octanol–water partition coefficient (Wildman–Crippen LogP) is 3.90. The van der Waals surface area contributed by atoms with Crippen molar-refractivity contribution in [2.75, 3.05) is 7.11 Å². The first kappa shape index (κ1) is 14.0. The minimum atomic E-state index is -0.376. The molecule has 0 radical (unpaired) electrons. The maximum Gasteiger partial charge on any atom is 0.122 e. The Morgan fingerprint density at radius 3 is 2.29 bits per heavy atom. The summed E-state index contributed by atoms with van der Waals surface area (Å²) in [6, 6.07) is 5.97. The molecule has 0 heterocycles. The molecule has 1 aromatic carbocycles. The third-order valence-corrected chi connectivity index (χ3v) is 2.96. The van der Waals surface area contributed by atoms with Crippen molar-refractivity contribution in [1.29, 1.82) is 0 Å². The van der Waals surface area contributed by atoms with E-state index >= 15 is 0 Å². The summed E-state index contributed by atoms with van der Waals surface area (Å²) in [5, 5.41) is 10.1. The third-order valence-electron chi connectivity index (χ3n) is 2.96. The van der Waals surface area contributed by atoms with Gasteiger partial charge in [0.25, 0.3) is 0 Å². The normalized spacial score (nSPS) is 13.2. The van der Waals surface area contributed by atoms with Gasteiger partial charge in [-0.2, -0.15) is 0 Å². The van der Waals surface area contributed by atoms with Crippen LogP contribution < -0.4 is 4.74 Å². The molecule has 0 spiro atoms. The largest absolute Gasteiger partial charge is 0.496 e. The first-order chi connectivity index (χ1) is 7.95. The molecule has 0 amide bonds. The van der Waals surface area contributed by atoms with Crippen LogP contribution in [0, 0.1) is 5.92 Å². The second kappa shape index (κ2) is 6.06. The number of rotatable bonds is 5. The SMILES string of the molecule is COc1ccc(C(O)CC(C)C)cc1C(C)C. The molecule has 1 atom stereocenters. The maximum absolute atomic E-state index is 10.1. The molecule has 1 rings (SSSR count). The molecule has 1 aromatic rings. The summed E-state index contributed by atoms with van der Waals surface area (Å²) < 4.78 is 5.34. The van der Waals surface area contributed by atoms with E-state index in [4.69, 9.17) is 4.74 Å². The highest BCUT2D eigenvalue weighted by Gasteiger charge is 2.14. The Balaban J connectivity index is 2.99. The second-order valence-corrected chi connectivity index (χ2v) is 5.30. The lowest BCUT2D eigenvalue weighted by molar-refractivity contribution is 0.151. The van der Waals surface area contributed by atoms with Crippen molar-refractivity contribution in [1.82, 2.24) is 0 Å². The van der Waals surface area contributed by atoms with Gasteiger partial charge in [0.15, 0.2) is 0 Å². The van der Waals surface area contributed by atoms with Gasteiger partial charge in [0.2, 0.25) is 0 Å². The number of hydrogen-bond donors (Lipinski definition) is 1. The lowest BCUT2D eigenvalue weighted by atomic mass is 9.94. The maximum atomic E-state index is 10.1. The number of ether oxygens (including phenoxy) is 1. The minimum Gasteiger partial charge on any atom is -0.496 e. The smallest absolute Gasteiger partial charge is 0.122 e. The van der Waals surface area contributed by atoms with E-state index in [9.17, 15) is 5.11 Å². The van der Waals surface area contributed by atoms with Crippen LogP contribution in [0.1, 0.15) is 57.3 Å². The fraction of sp³-hybridized carbons (Fsp3) is 0.600. The fourth-order valence-corrected chi connectivity index (χ4v) is 1.99. The Bertz CT molecular complexity index is 356. The van der Waals surface area contributed by atoms with Crippen LogP contribution in [0.5, 0.6) is 5.75 Å². The van der Waals surface area contributed by atoms with E-state index in [0.717, 1.165) is 23.3 Å². The van der Waals surface area contributed by atoms with Crippen molar-refractivity contribution in [3.05, 3.63) is 29.3 Å². The molecular formula is C15H24O2. The van der Waals surface area contributed by atoms with Gasteiger partial charge < -0.3 is 9.84 Å². The minimum absolute atomic E-state index is 0.376. The third kappa shape index (κ3) is 3.74. The van der Waals surface area contributed by atoms with Crippen LogP contribution in [0.4, 0.5) is 0 Å². The van der Waals surface area contributed by atoms with Crippen LogP contribution in [-0.4, -0.2) is 12.2 Å². The number of aliphatic hydroxyl groups excluding tert-OH is 1. The summed E-state index contributed by atoms with van der Waals surface area (Å²) in [4.78, 5) is 0. The molecule has 0 aliphatic heterocycles. The molecule has 0 fully saturated rings. The van der Waals surface area contributed by atoms with Crippen molar-refractivity contribution in [2.24, 2.45) is 5.92 Å². The standard InChI is InChI=1S/C15H24O2/c1-10(2)8-14(16)12-6-7-15(17-5)13(9-12)11(3)4/h6-7,9-11,14,16H,8H2,1-5H3. The van der Waals surface area contributed by atoms with E-state index in [2.05, 4.69) is 33.8 Å². The molecule has 0 aliphatic rings. The van der Waals surface area contributed by atoms with E-state index in [-0.39, 0.29) is 6.10 Å². The molecule has 2 nitrogen and oxygen atoms in total. The summed E-state index contributed by atoms with van der Waals surface area (Å²) in [5.41, 5.74) is 2.15. The number of benzene rings is 1. The van der Waals surface area contributed by atoms with E-state index in [1.54, 1.807) is 7.11 Å². The lowest BCUT2D eigenvalue weighted by Gasteiger charge is -2.17. The Labute approximate surface area is 105 Å². The first-order valence-electron chi connectivity index (χ1n) is 6.31. The van der Waals surface area contributed by atoms with Crippen LogP contribution in [0.3, 0.4) is 0 Å². The molecule has 1 N–H and O–H groups in total. The molecule has 0 saturated heterocycles. The molecule has 0 saturated carbocycles. The zero-order chi connectivity index (χ0) is 13.0. The summed E-state index contributed by atoms with van der Waals surface area (Å²) in [7, 11) is 1.69. The van der Waals surface area contributed by atoms with Gasteiger partial charge in [-0.3, -0.25) is 0 Å². The topological polar surface area (TPSA) is 29.5 Å². The monoisotopic (exact) mass is 236 g/mol. The van der Waals surface area contributed by atoms with Crippen molar-refractivity contribution < 1.29 is 9.84 Å². The van der Waals surface area contributed by atoms with Gasteiger partial charge in [0, 0.05) is 0 Å². The molecule has 1 unspecified atom stereocenters. The van der Waals surface area contributed by atoms with Crippen LogP contribution in [0.2, 0.25) is 0 Å². The number of hydrogen-bond acceptors (Lipinski definition) is 2. The van der Waals surface area contributed by atoms with Crippen molar-refractivity contribution in [2.45, 2.75) is 46.1 Å². The van der Waals surface area contributed by atoms with Crippen molar-refractivity contribution in [3.8, 4) is 5.75 Å². The Morgan fingerprint density at radius 1 is 1.18 bits per heavy atom. The van der Waals surface area contributed by atoms with Crippen LogP contribution in [0.15, 0.2) is 18.2 Å². The Morgan fingerprint density at radius 2 is 1.82 bits per heavy atom. The predicted molar refractivity (Wildman–Crippen MR) is 71.5 cm³/mol. The average Bonchev–Trinajstić information content (AvgIpc) is 2.27. The van der Waals surface area contributed by atoms with Gasteiger partial charge in [0.05, 0.1) is 13.2 Å². The number of aliphatic hydroxyl groups is 1. The molecule has 17 heavy (non-hydrogen) atoms. The summed E-state index contributed by atoms with van der Waals surface area (Å²) in [6.07, 6.45) is 0.419. The molecule has 96 valence electrons. The van der Waals surface area contributed by atoms with Gasteiger partial charge in [-0.05, 0) is 41.5 Å². The zero-order valence-corrected chi connectivity index (χ0v) is 11.5. The average molecular weight is 236 g/mol. The summed E-state index contributed by atoms with van der Waals surface area (Å²) in [6.45, 7) is 8.51. The van der Waals surface area contributed by atoms with Gasteiger partial charge in [-0.15, -0.1) is 0 Å². The Kier molecular flexibility index (Phi) is 5.01.